The first kappa shape index (κ1) is 27.5. The van der Waals surface area contributed by atoms with Crippen molar-refractivity contribution < 1.29 is 24.7 Å². The van der Waals surface area contributed by atoms with Gasteiger partial charge in [0.05, 0.1) is 12.6 Å². The molecule has 1 aliphatic rings. The Morgan fingerprint density at radius 3 is 2.06 bits per heavy atom. The number of carbonyl (C=O) groups excluding carboxylic acids is 3. The molecule has 0 aromatic heterocycles. The summed E-state index contributed by atoms with van der Waals surface area (Å²) in [4.78, 5) is 35.9. The van der Waals surface area contributed by atoms with Crippen LogP contribution >= 0.6 is 0 Å². The summed E-state index contributed by atoms with van der Waals surface area (Å²) in [6.07, 6.45) is 2.29. The van der Waals surface area contributed by atoms with Gasteiger partial charge in [0.15, 0.2) is 0 Å². The Balaban J connectivity index is 0.00000432. The lowest BCUT2D eigenvalue weighted by Gasteiger charge is -2.26. The first-order chi connectivity index (χ1) is 16.4. The standard InChI is InChI=1S/C25H28N4O5.CH4/c1-16(30)23(25(33)29-34)28-24(32)19-11-7-17(8-12-19)5-6-18-9-13-21(14-10-18)27-22(31)15-26-20-3-2-4-20;/h7-14,16,20,23,26,30,34H,2-4,15H2,1H3,(H,27,31)(H,28,32)(H,29,33);1H4/t16-,23+;/m1./s1. The number of hydrogen-bond acceptors (Lipinski definition) is 6. The van der Waals surface area contributed by atoms with Crippen molar-refractivity contribution in [2.24, 2.45) is 0 Å². The topological polar surface area (TPSA) is 140 Å². The van der Waals surface area contributed by atoms with Crippen molar-refractivity contribution in [3.05, 3.63) is 65.2 Å². The fourth-order valence-electron chi connectivity index (χ4n) is 3.24. The Hall–Kier alpha value is -3.71. The van der Waals surface area contributed by atoms with Gasteiger partial charge in [0.25, 0.3) is 11.8 Å². The molecule has 1 aliphatic carbocycles. The fraction of sp³-hybridized carbons (Fsp3) is 0.346. The maximum absolute atomic E-state index is 12.3. The molecule has 2 atom stereocenters. The van der Waals surface area contributed by atoms with Gasteiger partial charge in [-0.1, -0.05) is 25.7 Å². The van der Waals surface area contributed by atoms with Crippen LogP contribution in [0.4, 0.5) is 5.69 Å². The van der Waals surface area contributed by atoms with Crippen LogP contribution in [0.5, 0.6) is 0 Å². The molecule has 0 radical (unpaired) electrons. The summed E-state index contributed by atoms with van der Waals surface area (Å²) in [7, 11) is 0. The Morgan fingerprint density at radius 2 is 1.57 bits per heavy atom. The predicted octanol–water partition coefficient (Wildman–Crippen LogP) is 1.79. The number of aliphatic hydroxyl groups is 1. The van der Waals surface area contributed by atoms with Crippen LogP contribution in [0.2, 0.25) is 0 Å². The Kier molecular flexibility index (Phi) is 10.4. The van der Waals surface area contributed by atoms with Crippen molar-refractivity contribution in [2.75, 3.05) is 11.9 Å². The molecule has 1 saturated carbocycles. The number of amides is 3. The molecule has 2 aromatic rings. The Labute approximate surface area is 205 Å². The Morgan fingerprint density at radius 1 is 1.00 bits per heavy atom. The highest BCUT2D eigenvalue weighted by atomic mass is 16.5. The van der Waals surface area contributed by atoms with E-state index in [2.05, 4.69) is 27.8 Å². The van der Waals surface area contributed by atoms with Crippen molar-refractivity contribution in [3.8, 4) is 11.8 Å². The molecule has 3 amide bonds. The van der Waals surface area contributed by atoms with E-state index in [1.165, 1.54) is 18.8 Å². The van der Waals surface area contributed by atoms with Gasteiger partial charge in [0.2, 0.25) is 5.91 Å². The van der Waals surface area contributed by atoms with Crippen molar-refractivity contribution >= 4 is 23.4 Å². The van der Waals surface area contributed by atoms with Crippen molar-refractivity contribution in [1.29, 1.82) is 0 Å². The molecule has 9 nitrogen and oxygen atoms in total. The second-order valence-electron chi connectivity index (χ2n) is 8.13. The monoisotopic (exact) mass is 480 g/mol. The lowest BCUT2D eigenvalue weighted by Crippen LogP contribution is -2.51. The van der Waals surface area contributed by atoms with E-state index < -0.39 is 24.0 Å². The number of hydrogen-bond donors (Lipinski definition) is 6. The van der Waals surface area contributed by atoms with Gasteiger partial charge in [0.1, 0.15) is 6.04 Å². The molecule has 2 aromatic carbocycles. The molecule has 9 heteroatoms. The van der Waals surface area contributed by atoms with Crippen molar-refractivity contribution in [1.82, 2.24) is 16.1 Å². The molecule has 35 heavy (non-hydrogen) atoms. The van der Waals surface area contributed by atoms with Gasteiger partial charge >= 0.3 is 0 Å². The Bertz CT molecular complexity index is 1070. The molecule has 1 fully saturated rings. The van der Waals surface area contributed by atoms with Crippen LogP contribution in [0.1, 0.15) is 55.1 Å². The summed E-state index contributed by atoms with van der Waals surface area (Å²) in [5, 5.41) is 26.8. The van der Waals surface area contributed by atoms with Crippen molar-refractivity contribution in [3.63, 3.8) is 0 Å². The molecule has 6 N–H and O–H groups in total. The van der Waals surface area contributed by atoms with E-state index in [0.29, 0.717) is 23.8 Å². The number of carbonyl (C=O) groups is 3. The normalized spacial score (nSPS) is 14.1. The molecule has 0 bridgehead atoms. The second kappa shape index (κ2) is 13.2. The predicted molar refractivity (Wildman–Crippen MR) is 133 cm³/mol. The van der Waals surface area contributed by atoms with Gasteiger partial charge in [-0.25, -0.2) is 5.48 Å². The summed E-state index contributed by atoms with van der Waals surface area (Å²) >= 11 is 0. The van der Waals surface area contributed by atoms with E-state index in [-0.39, 0.29) is 18.9 Å². The van der Waals surface area contributed by atoms with Gasteiger partial charge < -0.3 is 21.1 Å². The number of nitrogens with one attached hydrogen (secondary N) is 4. The summed E-state index contributed by atoms with van der Waals surface area (Å²) in [6, 6.07) is 12.8. The highest BCUT2D eigenvalue weighted by Crippen LogP contribution is 2.17. The summed E-state index contributed by atoms with van der Waals surface area (Å²) in [6.45, 7) is 1.63. The van der Waals surface area contributed by atoms with Gasteiger partial charge in [-0.2, -0.15) is 0 Å². The smallest absolute Gasteiger partial charge is 0.268 e. The fourth-order valence-corrected chi connectivity index (χ4v) is 3.24. The highest BCUT2D eigenvalue weighted by Gasteiger charge is 2.25. The number of anilines is 1. The van der Waals surface area contributed by atoms with E-state index in [4.69, 9.17) is 5.21 Å². The van der Waals surface area contributed by atoms with E-state index in [9.17, 15) is 19.5 Å². The minimum Gasteiger partial charge on any atom is -0.391 e. The van der Waals surface area contributed by atoms with Crippen LogP contribution in [0.3, 0.4) is 0 Å². The van der Waals surface area contributed by atoms with Crippen LogP contribution in [-0.2, 0) is 9.59 Å². The minimum absolute atomic E-state index is 0. The number of rotatable bonds is 8. The van der Waals surface area contributed by atoms with E-state index >= 15 is 0 Å². The quantitative estimate of drug-likeness (QED) is 0.193. The zero-order chi connectivity index (χ0) is 24.5. The lowest BCUT2D eigenvalue weighted by molar-refractivity contribution is -0.133. The number of aliphatic hydroxyl groups excluding tert-OH is 1. The number of benzene rings is 2. The third kappa shape index (κ3) is 8.22. The van der Waals surface area contributed by atoms with E-state index in [1.807, 2.05) is 12.1 Å². The van der Waals surface area contributed by atoms with Crippen LogP contribution < -0.4 is 21.4 Å². The number of hydroxylamine groups is 1. The van der Waals surface area contributed by atoms with E-state index in [0.717, 1.165) is 18.4 Å². The maximum atomic E-state index is 12.3. The first-order valence-electron chi connectivity index (χ1n) is 11.0. The molecule has 0 heterocycles. The third-order valence-electron chi connectivity index (χ3n) is 5.49. The highest BCUT2D eigenvalue weighted by molar-refractivity contribution is 5.97. The average molecular weight is 481 g/mol. The summed E-state index contributed by atoms with van der Waals surface area (Å²) < 4.78 is 0. The van der Waals surface area contributed by atoms with Gasteiger partial charge in [-0.3, -0.25) is 19.6 Å². The van der Waals surface area contributed by atoms with Crippen LogP contribution in [0.25, 0.3) is 0 Å². The van der Waals surface area contributed by atoms with Gasteiger partial charge in [0, 0.05) is 28.4 Å². The molecule has 0 saturated heterocycles. The summed E-state index contributed by atoms with van der Waals surface area (Å²) in [5.41, 5.74) is 3.83. The van der Waals surface area contributed by atoms with Crippen LogP contribution in [0, 0.1) is 11.8 Å². The zero-order valence-electron chi connectivity index (χ0n) is 18.8. The molecule has 186 valence electrons. The lowest BCUT2D eigenvalue weighted by atomic mass is 9.93. The van der Waals surface area contributed by atoms with Gasteiger partial charge in [-0.05, 0) is 68.3 Å². The molecule has 3 rings (SSSR count). The SMILES string of the molecule is C.C[C@@H](O)[C@H](NC(=O)c1ccc(C#Cc2ccc(NC(=O)CNC3CCC3)cc2)cc1)C(=O)NO. The van der Waals surface area contributed by atoms with Gasteiger partial charge in [-0.15, -0.1) is 0 Å². The average Bonchev–Trinajstić information content (AvgIpc) is 2.80. The molecule has 0 aliphatic heterocycles. The third-order valence-corrected chi connectivity index (χ3v) is 5.49. The van der Waals surface area contributed by atoms with Crippen LogP contribution in [-0.4, -0.2) is 52.8 Å². The summed E-state index contributed by atoms with van der Waals surface area (Å²) in [5.74, 6) is 4.46. The molecule has 0 spiro atoms. The van der Waals surface area contributed by atoms with Crippen LogP contribution in [0.15, 0.2) is 48.5 Å². The molecular weight excluding hydrogens is 448 g/mol. The van der Waals surface area contributed by atoms with E-state index in [1.54, 1.807) is 36.4 Å². The first-order valence-corrected chi connectivity index (χ1v) is 11.0. The maximum Gasteiger partial charge on any atom is 0.268 e. The second-order valence-corrected chi connectivity index (χ2v) is 8.13. The van der Waals surface area contributed by atoms with Crippen molar-refractivity contribution in [2.45, 2.75) is 51.8 Å². The molecular formula is C26H32N4O5. The zero-order valence-corrected chi connectivity index (χ0v) is 18.8. The largest absolute Gasteiger partial charge is 0.391 e. The minimum atomic E-state index is -1.29. The molecule has 0 unspecified atom stereocenters.